The number of guanidine groups is 1. The van der Waals surface area contributed by atoms with Crippen LogP contribution in [0.1, 0.15) is 30.9 Å². The minimum Gasteiger partial charge on any atom is -0.381 e. The van der Waals surface area contributed by atoms with Crippen molar-refractivity contribution in [3.63, 3.8) is 0 Å². The molecule has 0 aromatic heterocycles. The predicted molar refractivity (Wildman–Crippen MR) is 107 cm³/mol. The van der Waals surface area contributed by atoms with E-state index in [2.05, 4.69) is 15.6 Å². The average molecular weight is 387 g/mol. The summed E-state index contributed by atoms with van der Waals surface area (Å²) in [5.74, 6) is 0.212. The Bertz CT molecular complexity index is 787. The van der Waals surface area contributed by atoms with Gasteiger partial charge in [-0.15, -0.1) is 0 Å². The smallest absolute Gasteiger partial charge is 0.191 e. The molecule has 4 nitrogen and oxygen atoms in total. The van der Waals surface area contributed by atoms with Crippen LogP contribution in [-0.2, 0) is 16.7 Å². The lowest BCUT2D eigenvalue weighted by Crippen LogP contribution is -2.48. The van der Waals surface area contributed by atoms with Crippen molar-refractivity contribution in [2.24, 2.45) is 4.99 Å². The molecular formula is C22H27F2N3O. The van der Waals surface area contributed by atoms with E-state index in [1.165, 1.54) is 18.2 Å². The van der Waals surface area contributed by atoms with Gasteiger partial charge in [-0.05, 0) is 55.2 Å². The first-order chi connectivity index (χ1) is 13.6. The van der Waals surface area contributed by atoms with Crippen molar-refractivity contribution in [3.05, 3.63) is 71.3 Å². The summed E-state index contributed by atoms with van der Waals surface area (Å²) in [5, 5.41) is 6.66. The van der Waals surface area contributed by atoms with Crippen LogP contribution >= 0.6 is 0 Å². The average Bonchev–Trinajstić information content (AvgIpc) is 2.72. The highest BCUT2D eigenvalue weighted by atomic mass is 19.1. The number of hydrogen-bond donors (Lipinski definition) is 2. The lowest BCUT2D eigenvalue weighted by Gasteiger charge is -2.38. The van der Waals surface area contributed by atoms with E-state index in [-0.39, 0.29) is 17.0 Å². The van der Waals surface area contributed by atoms with E-state index >= 15 is 0 Å². The molecule has 0 aliphatic carbocycles. The fourth-order valence-corrected chi connectivity index (χ4v) is 3.50. The number of benzene rings is 2. The summed E-state index contributed by atoms with van der Waals surface area (Å²) in [6.07, 6.45) is 1.64. The Kier molecular flexibility index (Phi) is 6.98. The van der Waals surface area contributed by atoms with Crippen LogP contribution in [0.3, 0.4) is 0 Å². The fourth-order valence-electron chi connectivity index (χ4n) is 3.50. The van der Waals surface area contributed by atoms with E-state index in [9.17, 15) is 8.78 Å². The van der Waals surface area contributed by atoms with Crippen molar-refractivity contribution in [3.8, 4) is 0 Å². The number of halogens is 2. The Morgan fingerprint density at radius 1 is 1.04 bits per heavy atom. The number of nitrogens with zero attached hydrogens (tertiary/aromatic N) is 1. The molecule has 6 heteroatoms. The Hall–Kier alpha value is -2.47. The molecule has 0 spiro atoms. The zero-order valence-electron chi connectivity index (χ0n) is 16.2. The van der Waals surface area contributed by atoms with Gasteiger partial charge in [0.1, 0.15) is 11.6 Å². The molecule has 0 radical (unpaired) electrons. The van der Waals surface area contributed by atoms with Gasteiger partial charge in [0.2, 0.25) is 0 Å². The second-order valence-corrected chi connectivity index (χ2v) is 7.08. The molecular weight excluding hydrogens is 360 g/mol. The zero-order valence-corrected chi connectivity index (χ0v) is 16.2. The van der Waals surface area contributed by atoms with Gasteiger partial charge in [-0.2, -0.15) is 0 Å². The van der Waals surface area contributed by atoms with Gasteiger partial charge in [-0.25, -0.2) is 13.8 Å². The normalized spacial score (nSPS) is 16.6. The molecule has 28 heavy (non-hydrogen) atoms. The van der Waals surface area contributed by atoms with Gasteiger partial charge in [-0.1, -0.05) is 24.3 Å². The summed E-state index contributed by atoms with van der Waals surface area (Å²) >= 11 is 0. The molecule has 1 aliphatic heterocycles. The molecule has 0 atom stereocenters. The molecule has 2 aromatic carbocycles. The molecule has 0 unspecified atom stereocenters. The number of nitrogens with one attached hydrogen (secondary N) is 2. The number of aliphatic imine (C=N–C) groups is 1. The molecule has 0 amide bonds. The van der Waals surface area contributed by atoms with Crippen molar-refractivity contribution in [1.82, 2.24) is 10.6 Å². The first-order valence-electron chi connectivity index (χ1n) is 9.72. The maximum absolute atomic E-state index is 13.8. The predicted octanol–water partition coefficient (Wildman–Crippen LogP) is 3.77. The maximum atomic E-state index is 13.8. The van der Waals surface area contributed by atoms with E-state index in [4.69, 9.17) is 4.74 Å². The van der Waals surface area contributed by atoms with E-state index < -0.39 is 0 Å². The molecule has 1 heterocycles. The van der Waals surface area contributed by atoms with Crippen LogP contribution < -0.4 is 10.6 Å². The van der Waals surface area contributed by atoms with Crippen LogP contribution in [0.25, 0.3) is 0 Å². The topological polar surface area (TPSA) is 45.7 Å². The summed E-state index contributed by atoms with van der Waals surface area (Å²) in [5.41, 5.74) is 1.72. The van der Waals surface area contributed by atoms with Crippen LogP contribution in [0.2, 0.25) is 0 Å². The molecule has 0 bridgehead atoms. The van der Waals surface area contributed by atoms with Crippen molar-refractivity contribution in [2.75, 3.05) is 26.3 Å². The number of hydrogen-bond acceptors (Lipinski definition) is 2. The Morgan fingerprint density at radius 2 is 1.79 bits per heavy atom. The molecule has 0 saturated carbocycles. The molecule has 1 fully saturated rings. The van der Waals surface area contributed by atoms with E-state index in [0.29, 0.717) is 32.3 Å². The third kappa shape index (κ3) is 5.29. The van der Waals surface area contributed by atoms with Gasteiger partial charge in [-0.3, -0.25) is 0 Å². The van der Waals surface area contributed by atoms with Crippen molar-refractivity contribution >= 4 is 5.96 Å². The molecule has 2 N–H and O–H groups in total. The van der Waals surface area contributed by atoms with Crippen molar-refractivity contribution in [2.45, 2.75) is 31.7 Å². The SMILES string of the molecule is CCNC(=NCc1ccc(F)cc1)NCC1(c2cccc(F)c2)CCOCC1. The summed E-state index contributed by atoms with van der Waals surface area (Å²) in [4.78, 5) is 4.61. The van der Waals surface area contributed by atoms with Gasteiger partial charge >= 0.3 is 0 Å². The van der Waals surface area contributed by atoms with E-state index in [1.54, 1.807) is 24.3 Å². The summed E-state index contributed by atoms with van der Waals surface area (Å²) < 4.78 is 32.4. The Balaban J connectivity index is 1.73. The fraction of sp³-hybridized carbons (Fsp3) is 0.409. The minimum absolute atomic E-state index is 0.202. The zero-order chi connectivity index (χ0) is 19.8. The third-order valence-electron chi connectivity index (χ3n) is 5.16. The van der Waals surface area contributed by atoms with Gasteiger partial charge < -0.3 is 15.4 Å². The highest BCUT2D eigenvalue weighted by molar-refractivity contribution is 5.79. The molecule has 2 aromatic rings. The summed E-state index contributed by atoms with van der Waals surface area (Å²) in [6.45, 7) is 5.13. The highest BCUT2D eigenvalue weighted by Gasteiger charge is 2.34. The Labute approximate surface area is 165 Å². The van der Waals surface area contributed by atoms with Crippen molar-refractivity contribution in [1.29, 1.82) is 0 Å². The van der Waals surface area contributed by atoms with Crippen LogP contribution in [0.5, 0.6) is 0 Å². The summed E-state index contributed by atoms with van der Waals surface area (Å²) in [7, 11) is 0. The maximum Gasteiger partial charge on any atom is 0.191 e. The lowest BCUT2D eigenvalue weighted by molar-refractivity contribution is 0.0513. The van der Waals surface area contributed by atoms with Gasteiger partial charge in [0.05, 0.1) is 6.54 Å². The van der Waals surface area contributed by atoms with Crippen LogP contribution in [-0.4, -0.2) is 32.3 Å². The molecule has 150 valence electrons. The first-order valence-corrected chi connectivity index (χ1v) is 9.72. The second-order valence-electron chi connectivity index (χ2n) is 7.08. The quantitative estimate of drug-likeness (QED) is 0.586. The van der Waals surface area contributed by atoms with Gasteiger partial charge in [0.25, 0.3) is 0 Å². The second kappa shape index (κ2) is 9.64. The Morgan fingerprint density at radius 3 is 2.46 bits per heavy atom. The standard InChI is InChI=1S/C22H27F2N3O/c1-2-25-21(26-15-17-6-8-19(23)9-7-17)27-16-22(10-12-28-13-11-22)18-4-3-5-20(24)14-18/h3-9,14H,2,10-13,15-16H2,1H3,(H2,25,26,27). The van der Waals surface area contributed by atoms with Gasteiger partial charge in [0, 0.05) is 31.7 Å². The van der Waals surface area contributed by atoms with Gasteiger partial charge in [0.15, 0.2) is 5.96 Å². The monoisotopic (exact) mass is 387 g/mol. The molecule has 1 aliphatic rings. The third-order valence-corrected chi connectivity index (χ3v) is 5.16. The van der Waals surface area contributed by atoms with Crippen molar-refractivity contribution < 1.29 is 13.5 Å². The van der Waals surface area contributed by atoms with Crippen LogP contribution in [0, 0.1) is 11.6 Å². The molecule has 1 saturated heterocycles. The van der Waals surface area contributed by atoms with Crippen LogP contribution in [0.15, 0.2) is 53.5 Å². The lowest BCUT2D eigenvalue weighted by atomic mass is 9.74. The largest absolute Gasteiger partial charge is 0.381 e. The molecule has 3 rings (SSSR count). The van der Waals surface area contributed by atoms with Crippen LogP contribution in [0.4, 0.5) is 8.78 Å². The summed E-state index contributed by atoms with van der Waals surface area (Å²) in [6, 6.07) is 13.2. The number of ether oxygens (including phenoxy) is 1. The van der Waals surface area contributed by atoms with E-state index in [0.717, 1.165) is 30.5 Å². The first kappa shape index (κ1) is 20.3. The minimum atomic E-state index is -0.255. The highest BCUT2D eigenvalue weighted by Crippen LogP contribution is 2.34. The number of rotatable bonds is 6. The van der Waals surface area contributed by atoms with E-state index in [1.807, 2.05) is 13.0 Å².